The molecule has 3 aromatic rings. The van der Waals surface area contributed by atoms with Gasteiger partial charge in [0.25, 0.3) is 5.69 Å². The normalized spacial score (nSPS) is 17.1. The van der Waals surface area contributed by atoms with E-state index in [4.69, 9.17) is 4.42 Å². The number of rotatable bonds is 7. The summed E-state index contributed by atoms with van der Waals surface area (Å²) in [6, 6.07) is 18.3. The number of hydrogen-bond acceptors (Lipinski definition) is 8. The number of thioether (sulfide) groups is 1. The van der Waals surface area contributed by atoms with Crippen molar-refractivity contribution in [3.05, 3.63) is 88.2 Å². The van der Waals surface area contributed by atoms with Crippen molar-refractivity contribution in [3.63, 3.8) is 0 Å². The number of amides is 1. The molecule has 1 aromatic heterocycles. The van der Waals surface area contributed by atoms with E-state index in [9.17, 15) is 19.7 Å². The highest BCUT2D eigenvalue weighted by molar-refractivity contribution is 8.15. The van der Waals surface area contributed by atoms with Crippen LogP contribution in [0.3, 0.4) is 0 Å². The molecule has 10 heteroatoms. The molecule has 2 heterocycles. The van der Waals surface area contributed by atoms with Gasteiger partial charge in [-0.05, 0) is 18.2 Å². The van der Waals surface area contributed by atoms with Crippen molar-refractivity contribution in [2.45, 2.75) is 11.7 Å². The molecule has 0 aliphatic carbocycles. The Morgan fingerprint density at radius 3 is 2.66 bits per heavy atom. The number of Topliss-reactive ketones (excluding diaryl/α,β-unsaturated/α-hetero) is 1. The third kappa shape index (κ3) is 4.81. The van der Waals surface area contributed by atoms with Crippen molar-refractivity contribution in [1.82, 2.24) is 5.32 Å². The van der Waals surface area contributed by atoms with E-state index in [-0.39, 0.29) is 29.0 Å². The van der Waals surface area contributed by atoms with Gasteiger partial charge in [0.15, 0.2) is 11.0 Å². The van der Waals surface area contributed by atoms with E-state index >= 15 is 0 Å². The van der Waals surface area contributed by atoms with Gasteiger partial charge in [-0.2, -0.15) is 5.10 Å². The fourth-order valence-corrected chi connectivity index (χ4v) is 3.97. The third-order valence-corrected chi connectivity index (χ3v) is 5.64. The van der Waals surface area contributed by atoms with Crippen LogP contribution in [-0.2, 0) is 4.79 Å². The fourth-order valence-electron chi connectivity index (χ4n) is 3.04. The second kappa shape index (κ2) is 9.40. The third-order valence-electron chi connectivity index (χ3n) is 4.57. The number of ketones is 1. The van der Waals surface area contributed by atoms with E-state index in [1.807, 2.05) is 6.07 Å². The summed E-state index contributed by atoms with van der Waals surface area (Å²) in [4.78, 5) is 35.2. The van der Waals surface area contributed by atoms with Crippen molar-refractivity contribution >= 4 is 40.5 Å². The van der Waals surface area contributed by atoms with E-state index in [0.717, 1.165) is 11.8 Å². The molecule has 1 aliphatic rings. The van der Waals surface area contributed by atoms with Gasteiger partial charge < -0.3 is 9.73 Å². The Morgan fingerprint density at radius 2 is 1.88 bits per heavy atom. The molecular weight excluding hydrogens is 432 g/mol. The summed E-state index contributed by atoms with van der Waals surface area (Å²) >= 11 is 1.13. The average Bonchev–Trinajstić information content (AvgIpc) is 3.41. The lowest BCUT2D eigenvalue weighted by Crippen LogP contribution is -2.26. The minimum Gasteiger partial charge on any atom is -0.455 e. The molecule has 0 spiro atoms. The van der Waals surface area contributed by atoms with Crippen LogP contribution in [0, 0.1) is 10.1 Å². The van der Waals surface area contributed by atoms with Gasteiger partial charge in [-0.25, -0.2) is 0 Å². The zero-order chi connectivity index (χ0) is 22.5. The second-order valence-corrected chi connectivity index (χ2v) is 7.91. The molecule has 1 aliphatic heterocycles. The van der Waals surface area contributed by atoms with E-state index < -0.39 is 10.2 Å². The summed E-state index contributed by atoms with van der Waals surface area (Å²) in [5, 5.41) is 21.4. The maximum absolute atomic E-state index is 12.3. The Hall–Kier alpha value is -4.05. The number of nitro benzene ring substituents is 1. The molecule has 1 N–H and O–H groups in total. The van der Waals surface area contributed by atoms with E-state index in [1.165, 1.54) is 12.3 Å². The fraction of sp³-hybridized carbons (Fsp3) is 0.0909. The van der Waals surface area contributed by atoms with Crippen LogP contribution < -0.4 is 5.32 Å². The van der Waals surface area contributed by atoms with Gasteiger partial charge in [-0.3, -0.25) is 19.7 Å². The molecule has 9 nitrogen and oxygen atoms in total. The number of hydrogen-bond donors (Lipinski definition) is 1. The van der Waals surface area contributed by atoms with Gasteiger partial charge in [0, 0.05) is 18.1 Å². The predicted octanol–water partition coefficient (Wildman–Crippen LogP) is 4.05. The minimum absolute atomic E-state index is 0.0562. The quantitative estimate of drug-likeness (QED) is 0.251. The molecule has 1 fully saturated rings. The topological polar surface area (TPSA) is 127 Å². The zero-order valence-electron chi connectivity index (χ0n) is 16.5. The van der Waals surface area contributed by atoms with E-state index in [1.54, 1.807) is 54.6 Å². The Kier molecular flexibility index (Phi) is 6.22. The molecule has 1 saturated heterocycles. The summed E-state index contributed by atoms with van der Waals surface area (Å²) in [6.07, 6.45) is 1.39. The maximum atomic E-state index is 12.3. The molecule has 2 aromatic carbocycles. The van der Waals surface area contributed by atoms with Crippen LogP contribution in [0.5, 0.6) is 0 Å². The molecule has 0 bridgehead atoms. The molecule has 4 rings (SSSR count). The second-order valence-electron chi connectivity index (χ2n) is 6.72. The standard InChI is InChI=1S/C22H16N4O5S/c27-18(14-6-2-1-3-7-14)12-20-21(28)24-22(32-20)25-23-13-15-10-11-19(31-15)16-8-4-5-9-17(16)26(29)30/h1-11,13,20H,12H2,(H,24,25,28)/b23-13+. The lowest BCUT2D eigenvalue weighted by atomic mass is 10.1. The summed E-state index contributed by atoms with van der Waals surface area (Å²) in [5.74, 6) is 0.244. The number of nitrogens with one attached hydrogen (secondary N) is 1. The number of carbonyl (C=O) groups excluding carboxylic acids is 2. The molecule has 32 heavy (non-hydrogen) atoms. The van der Waals surface area contributed by atoms with Gasteiger partial charge in [0.1, 0.15) is 11.5 Å². The van der Waals surface area contributed by atoms with Crippen molar-refractivity contribution in [3.8, 4) is 11.3 Å². The van der Waals surface area contributed by atoms with E-state index in [0.29, 0.717) is 22.6 Å². The number of para-hydroxylation sites is 1. The monoisotopic (exact) mass is 448 g/mol. The summed E-state index contributed by atoms with van der Waals surface area (Å²) in [5.41, 5.74) is 0.844. The van der Waals surface area contributed by atoms with Crippen molar-refractivity contribution in [1.29, 1.82) is 0 Å². The zero-order valence-corrected chi connectivity index (χ0v) is 17.3. The first-order valence-corrected chi connectivity index (χ1v) is 10.4. The summed E-state index contributed by atoms with van der Waals surface area (Å²) < 4.78 is 5.61. The Labute approximate surface area is 186 Å². The maximum Gasteiger partial charge on any atom is 0.280 e. The highest BCUT2D eigenvalue weighted by atomic mass is 32.2. The number of nitro groups is 1. The highest BCUT2D eigenvalue weighted by Gasteiger charge is 2.32. The lowest BCUT2D eigenvalue weighted by molar-refractivity contribution is -0.384. The van der Waals surface area contributed by atoms with Crippen LogP contribution in [0.25, 0.3) is 11.3 Å². The molecule has 0 saturated carbocycles. The number of carbonyl (C=O) groups is 2. The highest BCUT2D eigenvalue weighted by Crippen LogP contribution is 2.30. The first kappa shape index (κ1) is 21.2. The summed E-state index contributed by atoms with van der Waals surface area (Å²) in [7, 11) is 0. The van der Waals surface area contributed by atoms with Crippen molar-refractivity contribution in [2.24, 2.45) is 10.2 Å². The van der Waals surface area contributed by atoms with Gasteiger partial charge in [-0.15, -0.1) is 5.10 Å². The predicted molar refractivity (Wildman–Crippen MR) is 121 cm³/mol. The van der Waals surface area contributed by atoms with Gasteiger partial charge in [0.2, 0.25) is 5.91 Å². The molecule has 1 unspecified atom stereocenters. The number of nitrogens with zero attached hydrogens (tertiary/aromatic N) is 3. The Bertz CT molecular complexity index is 1240. The minimum atomic E-state index is -0.578. The van der Waals surface area contributed by atoms with Crippen LogP contribution in [0.1, 0.15) is 22.5 Å². The van der Waals surface area contributed by atoms with Gasteiger partial charge in [0.05, 0.1) is 22.0 Å². The van der Waals surface area contributed by atoms with Crippen LogP contribution in [0.4, 0.5) is 5.69 Å². The molecule has 1 amide bonds. The molecule has 160 valence electrons. The van der Waals surface area contributed by atoms with Crippen LogP contribution in [-0.4, -0.2) is 33.2 Å². The van der Waals surface area contributed by atoms with Crippen LogP contribution in [0.2, 0.25) is 0 Å². The van der Waals surface area contributed by atoms with Gasteiger partial charge >= 0.3 is 0 Å². The van der Waals surface area contributed by atoms with Crippen LogP contribution >= 0.6 is 11.8 Å². The Balaban J connectivity index is 1.40. The lowest BCUT2D eigenvalue weighted by Gasteiger charge is -2.04. The van der Waals surface area contributed by atoms with Crippen molar-refractivity contribution < 1.29 is 18.9 Å². The first-order valence-electron chi connectivity index (χ1n) is 9.51. The summed E-state index contributed by atoms with van der Waals surface area (Å²) in [6.45, 7) is 0. The SMILES string of the molecule is O=C(CC1S/C(=N/N=C/c2ccc(-c3ccccc3[N+](=O)[O-])o2)NC1=O)c1ccccc1. The van der Waals surface area contributed by atoms with Gasteiger partial charge in [-0.1, -0.05) is 54.2 Å². The van der Waals surface area contributed by atoms with Crippen LogP contribution in [0.15, 0.2) is 81.4 Å². The average molecular weight is 448 g/mol. The first-order chi connectivity index (χ1) is 15.5. The molecule has 1 atom stereocenters. The molecular formula is C22H16N4O5S. The Morgan fingerprint density at radius 1 is 1.12 bits per heavy atom. The number of benzene rings is 2. The number of furan rings is 1. The van der Waals surface area contributed by atoms with Crippen molar-refractivity contribution in [2.75, 3.05) is 0 Å². The number of amidine groups is 1. The molecule has 0 radical (unpaired) electrons. The largest absolute Gasteiger partial charge is 0.455 e. The smallest absolute Gasteiger partial charge is 0.280 e. The van der Waals surface area contributed by atoms with E-state index in [2.05, 4.69) is 15.5 Å².